The maximum atomic E-state index is 12.2. The maximum absolute atomic E-state index is 12.2. The van der Waals surface area contributed by atoms with E-state index < -0.39 is 0 Å². The van der Waals surface area contributed by atoms with E-state index in [0.717, 1.165) is 51.4 Å². The van der Waals surface area contributed by atoms with Gasteiger partial charge in [-0.2, -0.15) is 0 Å². The molecule has 0 bridgehead atoms. The molecule has 0 aromatic carbocycles. The fourth-order valence-electron chi connectivity index (χ4n) is 3.04. The predicted octanol–water partition coefficient (Wildman–Crippen LogP) is 1.24. The molecule has 1 aliphatic heterocycles. The van der Waals surface area contributed by atoms with Gasteiger partial charge in [-0.3, -0.25) is 14.7 Å². The van der Waals surface area contributed by atoms with Crippen LogP contribution in [-0.2, 0) is 4.79 Å². The second-order valence-corrected chi connectivity index (χ2v) is 6.53. The molecule has 1 N–H and O–H groups in total. The van der Waals surface area contributed by atoms with Gasteiger partial charge in [-0.1, -0.05) is 13.3 Å². The molecule has 6 heteroatoms. The summed E-state index contributed by atoms with van der Waals surface area (Å²) in [6.07, 6.45) is 5.51. The average Bonchev–Trinajstić information content (AvgIpc) is 3.00. The summed E-state index contributed by atoms with van der Waals surface area (Å²) in [6.45, 7) is 6.12. The number of likely N-dealkylation sites (N-methyl/N-ethyl adjacent to an activating group) is 1. The molecule has 0 saturated carbocycles. The lowest BCUT2D eigenvalue weighted by Crippen LogP contribution is -2.44. The molecular weight excluding hydrogens is 290 g/mol. The molecule has 1 atom stereocenters. The summed E-state index contributed by atoms with van der Waals surface area (Å²) >= 11 is 0. The smallest absolute Gasteiger partial charge is 0.239 e. The van der Waals surface area contributed by atoms with E-state index in [4.69, 9.17) is 0 Å². The highest BCUT2D eigenvalue weighted by Crippen LogP contribution is 2.18. The highest BCUT2D eigenvalue weighted by molar-refractivity contribution is 5.81. The molecule has 1 unspecified atom stereocenters. The molecule has 23 heavy (non-hydrogen) atoms. The van der Waals surface area contributed by atoms with Gasteiger partial charge in [0.05, 0.1) is 6.04 Å². The van der Waals surface area contributed by atoms with E-state index >= 15 is 0 Å². The molecule has 1 saturated heterocycles. The molecule has 1 fully saturated rings. The van der Waals surface area contributed by atoms with Crippen LogP contribution in [-0.4, -0.2) is 87.0 Å². The Morgan fingerprint density at radius 3 is 2.65 bits per heavy atom. The van der Waals surface area contributed by atoms with E-state index in [1.165, 1.54) is 12.8 Å². The first-order valence-electron chi connectivity index (χ1n) is 8.88. The number of aliphatic imine (C=N–C) groups is 1. The number of hydrogen-bond acceptors (Lipinski definition) is 3. The number of carbonyl (C=O) groups is 1. The second kappa shape index (κ2) is 10.5. The van der Waals surface area contributed by atoms with Crippen molar-refractivity contribution < 1.29 is 4.79 Å². The number of unbranched alkanes of at least 4 members (excludes halogenated alkanes) is 1. The Morgan fingerprint density at radius 1 is 1.30 bits per heavy atom. The molecule has 1 amide bonds. The Morgan fingerprint density at radius 2 is 2.04 bits per heavy atom. The van der Waals surface area contributed by atoms with Gasteiger partial charge < -0.3 is 15.1 Å². The molecular formula is C17H35N5O. The number of nitrogens with one attached hydrogen (secondary N) is 1. The Labute approximate surface area is 141 Å². The normalized spacial score (nSPS) is 19.0. The highest BCUT2D eigenvalue weighted by Gasteiger charge is 2.30. The monoisotopic (exact) mass is 325 g/mol. The van der Waals surface area contributed by atoms with Crippen molar-refractivity contribution in [2.45, 2.75) is 45.1 Å². The Balaban J connectivity index is 2.31. The number of amides is 1. The molecule has 0 spiro atoms. The van der Waals surface area contributed by atoms with Crippen LogP contribution in [0.15, 0.2) is 4.99 Å². The van der Waals surface area contributed by atoms with Crippen LogP contribution in [0.4, 0.5) is 0 Å². The van der Waals surface area contributed by atoms with Crippen LogP contribution < -0.4 is 5.32 Å². The van der Waals surface area contributed by atoms with Crippen molar-refractivity contribution in [3.63, 3.8) is 0 Å². The van der Waals surface area contributed by atoms with Gasteiger partial charge in [0.2, 0.25) is 5.91 Å². The molecule has 1 aliphatic rings. The zero-order chi connectivity index (χ0) is 17.2. The van der Waals surface area contributed by atoms with Crippen LogP contribution in [0, 0.1) is 0 Å². The zero-order valence-corrected chi connectivity index (χ0v) is 15.6. The first-order chi connectivity index (χ1) is 11.0. The average molecular weight is 326 g/mol. The number of carbonyl (C=O) groups excluding carboxylic acids is 1. The molecule has 6 nitrogen and oxygen atoms in total. The van der Waals surface area contributed by atoms with Crippen LogP contribution in [0.1, 0.15) is 39.0 Å². The number of rotatable bonds is 8. The van der Waals surface area contributed by atoms with Gasteiger partial charge in [-0.15, -0.1) is 0 Å². The summed E-state index contributed by atoms with van der Waals surface area (Å²) in [6, 6.07) is 0.0801. The fourth-order valence-corrected chi connectivity index (χ4v) is 3.04. The van der Waals surface area contributed by atoms with E-state index in [-0.39, 0.29) is 11.9 Å². The summed E-state index contributed by atoms with van der Waals surface area (Å²) in [5.74, 6) is 1.20. The number of hydrogen-bond donors (Lipinski definition) is 1. The minimum Gasteiger partial charge on any atom is -0.356 e. The molecule has 0 aromatic heterocycles. The molecule has 134 valence electrons. The van der Waals surface area contributed by atoms with E-state index in [2.05, 4.69) is 34.1 Å². The van der Waals surface area contributed by atoms with Gasteiger partial charge >= 0.3 is 0 Å². The fraction of sp³-hybridized carbons (Fsp3) is 0.882. The van der Waals surface area contributed by atoms with Crippen molar-refractivity contribution in [3.8, 4) is 0 Å². The number of likely N-dealkylation sites (tertiary alicyclic amines) is 1. The molecule has 0 aliphatic carbocycles. The predicted molar refractivity (Wildman–Crippen MR) is 96.8 cm³/mol. The van der Waals surface area contributed by atoms with Crippen molar-refractivity contribution in [2.75, 3.05) is 54.4 Å². The molecule has 1 rings (SSSR count). The van der Waals surface area contributed by atoms with E-state index in [0.29, 0.717) is 0 Å². The van der Waals surface area contributed by atoms with E-state index in [1.807, 2.05) is 21.1 Å². The summed E-state index contributed by atoms with van der Waals surface area (Å²) in [4.78, 5) is 22.7. The first-order valence-corrected chi connectivity index (χ1v) is 8.88. The van der Waals surface area contributed by atoms with Crippen LogP contribution in [0.5, 0.6) is 0 Å². The minimum atomic E-state index is 0.0801. The minimum absolute atomic E-state index is 0.0801. The van der Waals surface area contributed by atoms with Crippen molar-refractivity contribution in [1.29, 1.82) is 0 Å². The van der Waals surface area contributed by atoms with Crippen LogP contribution in [0.25, 0.3) is 0 Å². The largest absolute Gasteiger partial charge is 0.356 e. The van der Waals surface area contributed by atoms with Gasteiger partial charge in [0.25, 0.3) is 0 Å². The third kappa shape index (κ3) is 6.37. The number of nitrogens with zero attached hydrogens (tertiary/aromatic N) is 4. The highest BCUT2D eigenvalue weighted by atomic mass is 16.2. The van der Waals surface area contributed by atoms with Crippen molar-refractivity contribution >= 4 is 11.9 Å². The van der Waals surface area contributed by atoms with Crippen LogP contribution in [0.2, 0.25) is 0 Å². The Bertz CT molecular complexity index is 383. The third-order valence-electron chi connectivity index (χ3n) is 4.42. The molecule has 0 aromatic rings. The second-order valence-electron chi connectivity index (χ2n) is 6.53. The maximum Gasteiger partial charge on any atom is 0.239 e. The quantitative estimate of drug-likeness (QED) is 0.414. The van der Waals surface area contributed by atoms with Crippen molar-refractivity contribution in [1.82, 2.24) is 20.0 Å². The summed E-state index contributed by atoms with van der Waals surface area (Å²) in [7, 11) is 7.60. The van der Waals surface area contributed by atoms with E-state index in [9.17, 15) is 4.79 Å². The lowest BCUT2D eigenvalue weighted by Gasteiger charge is -2.26. The van der Waals surface area contributed by atoms with Gasteiger partial charge in [-0.05, 0) is 32.2 Å². The first kappa shape index (κ1) is 19.7. The van der Waals surface area contributed by atoms with Crippen LogP contribution >= 0.6 is 0 Å². The Hall–Kier alpha value is -1.30. The standard InChI is InChI=1S/C17H35N5O/c1-6-7-12-21(5)17(18-2)19-11-9-14-22-13-8-10-15(22)16(23)20(3)4/h15H,6-14H2,1-5H3,(H,18,19). The topological polar surface area (TPSA) is 51.2 Å². The molecule has 0 radical (unpaired) electrons. The van der Waals surface area contributed by atoms with Crippen LogP contribution in [0.3, 0.4) is 0 Å². The van der Waals surface area contributed by atoms with Gasteiger partial charge in [0.15, 0.2) is 5.96 Å². The third-order valence-corrected chi connectivity index (χ3v) is 4.42. The lowest BCUT2D eigenvalue weighted by atomic mass is 10.2. The summed E-state index contributed by atoms with van der Waals surface area (Å²) in [5.41, 5.74) is 0. The van der Waals surface area contributed by atoms with E-state index in [1.54, 1.807) is 4.90 Å². The zero-order valence-electron chi connectivity index (χ0n) is 15.6. The molecule has 1 heterocycles. The van der Waals surface area contributed by atoms with Gasteiger partial charge in [-0.25, -0.2) is 0 Å². The number of guanidine groups is 1. The SMILES string of the molecule is CCCCN(C)C(=NC)NCCCN1CCCC1C(=O)N(C)C. The van der Waals surface area contributed by atoms with Crippen molar-refractivity contribution in [3.05, 3.63) is 0 Å². The van der Waals surface area contributed by atoms with Gasteiger partial charge in [0.1, 0.15) is 0 Å². The summed E-state index contributed by atoms with van der Waals surface area (Å²) in [5, 5.41) is 3.42. The van der Waals surface area contributed by atoms with Gasteiger partial charge in [0, 0.05) is 47.8 Å². The van der Waals surface area contributed by atoms with Crippen molar-refractivity contribution in [2.24, 2.45) is 4.99 Å². The summed E-state index contributed by atoms with van der Waals surface area (Å²) < 4.78 is 0. The lowest BCUT2D eigenvalue weighted by molar-refractivity contribution is -0.133. The Kier molecular flexibility index (Phi) is 8.99.